The van der Waals surface area contributed by atoms with Gasteiger partial charge in [0.05, 0.1) is 17.8 Å². The minimum Gasteiger partial charge on any atom is -0.363 e. The fourth-order valence-corrected chi connectivity index (χ4v) is 3.95. The van der Waals surface area contributed by atoms with E-state index in [-0.39, 0.29) is 36.5 Å². The first-order valence-corrected chi connectivity index (χ1v) is 12.4. The number of hydrogen-bond donors (Lipinski definition) is 2. The van der Waals surface area contributed by atoms with Crippen LogP contribution in [0.15, 0.2) is 48.9 Å². The van der Waals surface area contributed by atoms with Crippen molar-refractivity contribution in [3.05, 3.63) is 71.6 Å². The van der Waals surface area contributed by atoms with Gasteiger partial charge in [-0.1, -0.05) is 12.1 Å². The van der Waals surface area contributed by atoms with Gasteiger partial charge < -0.3 is 10.2 Å². The molecule has 2 aromatic heterocycles. The summed E-state index contributed by atoms with van der Waals surface area (Å²) in [6.07, 6.45) is -1.11. The predicted molar refractivity (Wildman–Crippen MR) is 123 cm³/mol. The van der Waals surface area contributed by atoms with Gasteiger partial charge in [-0.15, -0.1) is 0 Å². The van der Waals surface area contributed by atoms with Crippen LogP contribution in [-0.4, -0.2) is 35.2 Å². The third kappa shape index (κ3) is 6.58. The molecule has 0 unspecified atom stereocenters. The monoisotopic (exact) mass is 546 g/mol. The van der Waals surface area contributed by atoms with E-state index in [0.29, 0.717) is 11.3 Å². The van der Waals surface area contributed by atoms with Crippen molar-refractivity contribution >= 4 is 27.3 Å². The molecular weight excluding hydrogens is 526 g/mol. The molecule has 4 rings (SSSR count). The Morgan fingerprint density at radius 1 is 1.03 bits per heavy atom. The smallest absolute Gasteiger partial charge is 0.363 e. The van der Waals surface area contributed by atoms with Gasteiger partial charge in [-0.25, -0.2) is 18.4 Å². The second-order valence-corrected chi connectivity index (χ2v) is 9.86. The molecule has 1 aromatic carbocycles. The lowest BCUT2D eigenvalue weighted by molar-refractivity contribution is -0.137. The standard InChI is InChI=1S/C22H20F6N6O2S/c23-18-19(30-9-13-1-4-15(5-2-13)33-37(35,36)21(24)25)31-12-32-20(18)34(17-7-8-17)11-16-6-3-14(10-29-16)22(26,27)28/h1-6,10,12,17,21,33H,7-9,11H2,(H,30,31,32). The largest absolute Gasteiger partial charge is 0.417 e. The molecule has 0 atom stereocenters. The minimum atomic E-state index is -4.80. The van der Waals surface area contributed by atoms with Gasteiger partial charge in [0.2, 0.25) is 5.82 Å². The zero-order valence-electron chi connectivity index (χ0n) is 18.9. The summed E-state index contributed by atoms with van der Waals surface area (Å²) in [6.45, 7) is 0.116. The minimum absolute atomic E-state index is 0.0292. The van der Waals surface area contributed by atoms with E-state index in [4.69, 9.17) is 0 Å². The van der Waals surface area contributed by atoms with Gasteiger partial charge in [0.25, 0.3) is 10.0 Å². The van der Waals surface area contributed by atoms with Crippen molar-refractivity contribution in [3.8, 4) is 0 Å². The number of hydrogen-bond acceptors (Lipinski definition) is 7. The highest BCUT2D eigenvalue weighted by Crippen LogP contribution is 2.35. The van der Waals surface area contributed by atoms with Crippen LogP contribution in [0.25, 0.3) is 0 Å². The molecule has 15 heteroatoms. The molecule has 0 bridgehead atoms. The van der Waals surface area contributed by atoms with E-state index in [2.05, 4.69) is 20.3 Å². The molecule has 8 nitrogen and oxygen atoms in total. The number of pyridine rings is 1. The van der Waals surface area contributed by atoms with E-state index in [1.807, 2.05) is 0 Å². The van der Waals surface area contributed by atoms with E-state index in [1.165, 1.54) is 30.3 Å². The molecule has 1 fully saturated rings. The third-order valence-electron chi connectivity index (χ3n) is 5.42. The van der Waals surface area contributed by atoms with Crippen molar-refractivity contribution in [2.24, 2.45) is 0 Å². The maximum Gasteiger partial charge on any atom is 0.417 e. The second kappa shape index (κ2) is 10.4. The molecule has 2 heterocycles. The number of nitrogens with zero attached hydrogens (tertiary/aromatic N) is 4. The molecule has 0 spiro atoms. The van der Waals surface area contributed by atoms with Gasteiger partial charge in [-0.05, 0) is 42.7 Å². The first-order chi connectivity index (χ1) is 17.4. The molecule has 1 saturated carbocycles. The quantitative estimate of drug-likeness (QED) is 0.353. The summed E-state index contributed by atoms with van der Waals surface area (Å²) in [6, 6.07) is 7.59. The van der Waals surface area contributed by atoms with Crippen molar-refractivity contribution in [1.82, 2.24) is 15.0 Å². The summed E-state index contributed by atoms with van der Waals surface area (Å²) in [5.74, 6) is -4.49. The van der Waals surface area contributed by atoms with Crippen LogP contribution in [0.5, 0.6) is 0 Å². The Bertz CT molecular complexity index is 1330. The number of aromatic nitrogens is 3. The van der Waals surface area contributed by atoms with E-state index in [1.54, 1.807) is 9.62 Å². The molecule has 37 heavy (non-hydrogen) atoms. The fraction of sp³-hybridized carbons (Fsp3) is 0.318. The fourth-order valence-electron chi connectivity index (χ4n) is 3.39. The van der Waals surface area contributed by atoms with Crippen LogP contribution in [0.3, 0.4) is 0 Å². The molecule has 1 aliphatic rings. The molecule has 0 radical (unpaired) electrons. The SMILES string of the molecule is O=S(=O)(Nc1ccc(CNc2ncnc(N(Cc3ccc(C(F)(F)F)cn3)C3CC3)c2F)cc1)C(F)F. The summed E-state index contributed by atoms with van der Waals surface area (Å²) >= 11 is 0. The molecule has 198 valence electrons. The van der Waals surface area contributed by atoms with Crippen LogP contribution < -0.4 is 14.9 Å². The summed E-state index contributed by atoms with van der Waals surface area (Å²) in [5, 5.41) is 2.81. The van der Waals surface area contributed by atoms with Crippen LogP contribution in [0, 0.1) is 5.82 Å². The number of halogens is 6. The lowest BCUT2D eigenvalue weighted by atomic mass is 10.2. The van der Waals surface area contributed by atoms with Gasteiger partial charge in [-0.3, -0.25) is 9.71 Å². The zero-order chi connectivity index (χ0) is 26.8. The highest BCUT2D eigenvalue weighted by molar-refractivity contribution is 7.93. The van der Waals surface area contributed by atoms with Crippen LogP contribution in [0.4, 0.5) is 43.7 Å². The van der Waals surface area contributed by atoms with Crippen LogP contribution in [-0.2, 0) is 29.3 Å². The van der Waals surface area contributed by atoms with Crippen LogP contribution in [0.2, 0.25) is 0 Å². The Kier molecular flexibility index (Phi) is 7.43. The molecule has 1 aliphatic carbocycles. The molecule has 2 N–H and O–H groups in total. The predicted octanol–water partition coefficient (Wildman–Crippen LogP) is 4.77. The number of sulfonamides is 1. The number of nitrogens with one attached hydrogen (secondary N) is 2. The Morgan fingerprint density at radius 2 is 1.73 bits per heavy atom. The van der Waals surface area contributed by atoms with Gasteiger partial charge in [0.1, 0.15) is 6.33 Å². The van der Waals surface area contributed by atoms with Gasteiger partial charge in [0.15, 0.2) is 11.6 Å². The van der Waals surface area contributed by atoms with Crippen molar-refractivity contribution in [1.29, 1.82) is 0 Å². The van der Waals surface area contributed by atoms with Crippen molar-refractivity contribution < 1.29 is 34.8 Å². The molecule has 3 aromatic rings. The zero-order valence-corrected chi connectivity index (χ0v) is 19.7. The van der Waals surface area contributed by atoms with Crippen molar-refractivity contribution in [3.63, 3.8) is 0 Å². The Balaban J connectivity index is 1.45. The molecule has 0 saturated heterocycles. The Labute approximate surface area is 207 Å². The molecule has 0 amide bonds. The summed E-state index contributed by atoms with van der Waals surface area (Å²) < 4.78 is 103. The summed E-state index contributed by atoms with van der Waals surface area (Å²) in [5.41, 5.74) is -0.0487. The lowest BCUT2D eigenvalue weighted by Crippen LogP contribution is -2.28. The topological polar surface area (TPSA) is 100 Å². The van der Waals surface area contributed by atoms with E-state index >= 15 is 4.39 Å². The van der Waals surface area contributed by atoms with E-state index < -0.39 is 33.3 Å². The van der Waals surface area contributed by atoms with Gasteiger partial charge >= 0.3 is 11.9 Å². The Morgan fingerprint density at radius 3 is 2.30 bits per heavy atom. The average Bonchev–Trinajstić information content (AvgIpc) is 3.68. The van der Waals surface area contributed by atoms with Gasteiger partial charge in [-0.2, -0.15) is 26.3 Å². The summed E-state index contributed by atoms with van der Waals surface area (Å²) in [7, 11) is -4.80. The van der Waals surface area contributed by atoms with Crippen molar-refractivity contribution in [2.45, 2.75) is 43.9 Å². The van der Waals surface area contributed by atoms with Crippen LogP contribution in [0.1, 0.15) is 29.7 Å². The maximum atomic E-state index is 15.3. The molecular formula is C22H20F6N6O2S. The number of alkyl halides is 5. The normalized spacial score (nSPS) is 14.0. The number of benzene rings is 1. The number of anilines is 3. The highest BCUT2D eigenvalue weighted by Gasteiger charge is 2.34. The molecule has 0 aliphatic heterocycles. The van der Waals surface area contributed by atoms with Crippen LogP contribution >= 0.6 is 0 Å². The first-order valence-electron chi connectivity index (χ1n) is 10.9. The third-order valence-corrected chi connectivity index (χ3v) is 6.41. The van der Waals surface area contributed by atoms with E-state index in [0.717, 1.165) is 31.4 Å². The Hall–Kier alpha value is -3.62. The second-order valence-electron chi connectivity index (χ2n) is 8.21. The maximum absolute atomic E-state index is 15.3. The average molecular weight is 546 g/mol. The van der Waals surface area contributed by atoms with Crippen molar-refractivity contribution in [2.75, 3.05) is 14.9 Å². The van der Waals surface area contributed by atoms with E-state index in [9.17, 15) is 30.4 Å². The summed E-state index contributed by atoms with van der Waals surface area (Å²) in [4.78, 5) is 13.4. The lowest BCUT2D eigenvalue weighted by Gasteiger charge is -2.24. The first kappa shape index (κ1) is 26.4. The van der Waals surface area contributed by atoms with Gasteiger partial charge in [0, 0.05) is 24.5 Å². The highest BCUT2D eigenvalue weighted by atomic mass is 32.2. The number of rotatable bonds is 10.